The van der Waals surface area contributed by atoms with Gasteiger partial charge in [0.25, 0.3) is 17.7 Å². The van der Waals surface area contributed by atoms with E-state index >= 15 is 0 Å². The molecule has 0 unspecified atom stereocenters. The van der Waals surface area contributed by atoms with Gasteiger partial charge in [0.2, 0.25) is 0 Å². The Hall–Kier alpha value is -4.52. The molecule has 0 atom stereocenters. The molecule has 2 aromatic carbocycles. The van der Waals surface area contributed by atoms with Gasteiger partial charge in [-0.1, -0.05) is 0 Å². The Kier molecular flexibility index (Phi) is 5.84. The highest BCUT2D eigenvalue weighted by molar-refractivity contribution is 6.10. The van der Waals surface area contributed by atoms with E-state index in [1.165, 1.54) is 37.6 Å². The van der Waals surface area contributed by atoms with Gasteiger partial charge < -0.3 is 20.9 Å². The highest BCUT2D eigenvalue weighted by atomic mass is 19.1. The van der Waals surface area contributed by atoms with Crippen LogP contribution >= 0.6 is 0 Å². The molecule has 0 radical (unpaired) electrons. The minimum Gasteiger partial charge on any atom is -0.354 e. The van der Waals surface area contributed by atoms with Gasteiger partial charge in [0.15, 0.2) is 5.69 Å². The first kappa shape index (κ1) is 20.2. The van der Waals surface area contributed by atoms with Crippen molar-refractivity contribution in [2.45, 2.75) is 0 Å². The fraction of sp³-hybridized carbons (Fsp3) is 0.0500. The topological polar surface area (TPSA) is 140 Å². The molecule has 0 aliphatic carbocycles. The molecule has 0 saturated heterocycles. The van der Waals surface area contributed by atoms with Crippen LogP contribution in [0, 0.1) is 17.1 Å². The summed E-state index contributed by atoms with van der Waals surface area (Å²) in [5, 5.41) is 16.3. The van der Waals surface area contributed by atoms with Crippen LogP contribution in [0.5, 0.6) is 0 Å². The van der Waals surface area contributed by atoms with Crippen molar-refractivity contribution in [3.63, 3.8) is 0 Å². The fourth-order valence-electron chi connectivity index (χ4n) is 2.54. The molecule has 30 heavy (non-hydrogen) atoms. The number of imidazole rings is 1. The largest absolute Gasteiger partial charge is 0.354 e. The summed E-state index contributed by atoms with van der Waals surface area (Å²) in [5.41, 5.74) is 0.706. The average Bonchev–Trinajstić information content (AvgIpc) is 3.24. The second kappa shape index (κ2) is 8.66. The Balaban J connectivity index is 1.67. The molecule has 0 fully saturated rings. The number of anilines is 2. The molecule has 4 N–H and O–H groups in total. The predicted molar refractivity (Wildman–Crippen MR) is 105 cm³/mol. The number of H-pyrrole nitrogens is 1. The van der Waals surface area contributed by atoms with Crippen molar-refractivity contribution < 1.29 is 18.8 Å². The van der Waals surface area contributed by atoms with Gasteiger partial charge in [-0.25, -0.2) is 9.37 Å². The predicted octanol–water partition coefficient (Wildman–Crippen LogP) is 2.28. The highest BCUT2D eigenvalue weighted by Gasteiger charge is 2.19. The van der Waals surface area contributed by atoms with Gasteiger partial charge in [0.1, 0.15) is 17.6 Å². The van der Waals surface area contributed by atoms with Gasteiger partial charge in [-0.15, -0.1) is 0 Å². The molecule has 1 aromatic heterocycles. The minimum absolute atomic E-state index is 0.0357. The summed E-state index contributed by atoms with van der Waals surface area (Å²) in [6, 6.07) is 11.4. The van der Waals surface area contributed by atoms with Crippen LogP contribution in [0.4, 0.5) is 15.8 Å². The standard InChI is InChI=1S/C20H15FN6O3/c1-23-19(29)16-17(25-10-24-16)20(30)27-14-6-4-13(5-7-14)26-18(28)11-2-3-12(9-22)15(21)8-11/h2-8,10H,1H3,(H,23,29)(H,24,25)(H,26,28)(H,27,30). The lowest BCUT2D eigenvalue weighted by Crippen LogP contribution is -2.23. The van der Waals surface area contributed by atoms with E-state index in [0.29, 0.717) is 11.4 Å². The molecule has 0 bridgehead atoms. The van der Waals surface area contributed by atoms with E-state index in [1.807, 2.05) is 0 Å². The lowest BCUT2D eigenvalue weighted by molar-refractivity contribution is 0.0943. The minimum atomic E-state index is -0.780. The molecular weight excluding hydrogens is 391 g/mol. The van der Waals surface area contributed by atoms with Crippen LogP contribution in [0.25, 0.3) is 0 Å². The summed E-state index contributed by atoms with van der Waals surface area (Å²) in [6.07, 6.45) is 1.24. The number of halogens is 1. The normalized spacial score (nSPS) is 10.0. The molecule has 3 amide bonds. The summed E-state index contributed by atoms with van der Waals surface area (Å²) in [7, 11) is 1.43. The number of carbonyl (C=O) groups excluding carboxylic acids is 3. The number of nitrogens with zero attached hydrogens (tertiary/aromatic N) is 2. The smallest absolute Gasteiger partial charge is 0.276 e. The summed E-state index contributed by atoms with van der Waals surface area (Å²) in [4.78, 5) is 42.8. The summed E-state index contributed by atoms with van der Waals surface area (Å²) in [5.74, 6) is -2.39. The van der Waals surface area contributed by atoms with Crippen LogP contribution < -0.4 is 16.0 Å². The summed E-state index contributed by atoms with van der Waals surface area (Å²) in [6.45, 7) is 0. The van der Waals surface area contributed by atoms with E-state index in [1.54, 1.807) is 18.2 Å². The first-order chi connectivity index (χ1) is 14.4. The molecule has 3 rings (SSSR count). The van der Waals surface area contributed by atoms with E-state index in [2.05, 4.69) is 25.9 Å². The van der Waals surface area contributed by atoms with Crippen molar-refractivity contribution in [3.8, 4) is 6.07 Å². The highest BCUT2D eigenvalue weighted by Crippen LogP contribution is 2.17. The van der Waals surface area contributed by atoms with Gasteiger partial charge in [-0.05, 0) is 42.5 Å². The lowest BCUT2D eigenvalue weighted by atomic mass is 10.1. The number of nitriles is 1. The Morgan fingerprint density at radius 3 is 2.20 bits per heavy atom. The van der Waals surface area contributed by atoms with E-state index in [0.717, 1.165) is 6.07 Å². The van der Waals surface area contributed by atoms with Gasteiger partial charge in [0.05, 0.1) is 11.9 Å². The first-order valence-electron chi connectivity index (χ1n) is 8.60. The quantitative estimate of drug-likeness (QED) is 0.515. The van der Waals surface area contributed by atoms with Crippen LogP contribution in [0.3, 0.4) is 0 Å². The summed E-state index contributed by atoms with van der Waals surface area (Å²) < 4.78 is 13.7. The second-order valence-electron chi connectivity index (χ2n) is 6.00. The molecule has 0 aliphatic heterocycles. The molecule has 1 heterocycles. The zero-order valence-electron chi connectivity index (χ0n) is 15.6. The number of amides is 3. The van der Waals surface area contributed by atoms with Crippen LogP contribution in [0.2, 0.25) is 0 Å². The molecule has 0 saturated carbocycles. The van der Waals surface area contributed by atoms with Crippen molar-refractivity contribution in [3.05, 3.63) is 77.1 Å². The number of benzene rings is 2. The van der Waals surface area contributed by atoms with Gasteiger partial charge in [-0.3, -0.25) is 14.4 Å². The van der Waals surface area contributed by atoms with Crippen LogP contribution in [0.1, 0.15) is 36.9 Å². The van der Waals surface area contributed by atoms with Crippen molar-refractivity contribution in [1.82, 2.24) is 15.3 Å². The number of hydrogen-bond donors (Lipinski definition) is 4. The maximum absolute atomic E-state index is 13.7. The van der Waals surface area contributed by atoms with Crippen molar-refractivity contribution in [2.75, 3.05) is 17.7 Å². The van der Waals surface area contributed by atoms with E-state index in [9.17, 15) is 18.8 Å². The van der Waals surface area contributed by atoms with Crippen molar-refractivity contribution in [2.24, 2.45) is 0 Å². The number of aromatic amines is 1. The van der Waals surface area contributed by atoms with Crippen molar-refractivity contribution >= 4 is 29.1 Å². The third kappa shape index (κ3) is 4.31. The molecule has 0 spiro atoms. The van der Waals surface area contributed by atoms with Gasteiger partial charge >= 0.3 is 0 Å². The lowest BCUT2D eigenvalue weighted by Gasteiger charge is -2.08. The monoisotopic (exact) mass is 406 g/mol. The number of nitrogens with one attached hydrogen (secondary N) is 4. The van der Waals surface area contributed by atoms with Gasteiger partial charge in [-0.2, -0.15) is 5.26 Å². The zero-order chi connectivity index (χ0) is 21.7. The van der Waals surface area contributed by atoms with E-state index in [4.69, 9.17) is 5.26 Å². The molecule has 10 heteroatoms. The number of carbonyl (C=O) groups is 3. The first-order valence-corrected chi connectivity index (χ1v) is 8.60. The molecule has 0 aliphatic rings. The third-order valence-corrected chi connectivity index (χ3v) is 4.06. The number of rotatable bonds is 5. The van der Waals surface area contributed by atoms with Crippen LogP contribution in [-0.2, 0) is 0 Å². The third-order valence-electron chi connectivity index (χ3n) is 4.06. The second-order valence-corrected chi connectivity index (χ2v) is 6.00. The van der Waals surface area contributed by atoms with Crippen LogP contribution in [0.15, 0.2) is 48.8 Å². The molecule has 9 nitrogen and oxygen atoms in total. The van der Waals surface area contributed by atoms with E-state index in [-0.39, 0.29) is 22.5 Å². The van der Waals surface area contributed by atoms with Crippen molar-refractivity contribution in [1.29, 1.82) is 5.26 Å². The number of hydrogen-bond acceptors (Lipinski definition) is 5. The number of aromatic nitrogens is 2. The molecule has 3 aromatic rings. The SMILES string of the molecule is CNC(=O)c1[nH]cnc1C(=O)Nc1ccc(NC(=O)c2ccc(C#N)c(F)c2)cc1. The fourth-order valence-corrected chi connectivity index (χ4v) is 2.54. The maximum atomic E-state index is 13.7. The zero-order valence-corrected chi connectivity index (χ0v) is 15.6. The molecular formula is C20H15FN6O3. The molecule has 150 valence electrons. The van der Waals surface area contributed by atoms with E-state index < -0.39 is 23.5 Å². The van der Waals surface area contributed by atoms with Crippen LogP contribution in [-0.4, -0.2) is 34.7 Å². The van der Waals surface area contributed by atoms with Gasteiger partial charge in [0, 0.05) is 24.0 Å². The average molecular weight is 406 g/mol. The Labute approximate surface area is 169 Å². The Morgan fingerprint density at radius 1 is 1.00 bits per heavy atom. The Bertz CT molecular complexity index is 1160. The Morgan fingerprint density at radius 2 is 1.63 bits per heavy atom. The maximum Gasteiger partial charge on any atom is 0.276 e. The summed E-state index contributed by atoms with van der Waals surface area (Å²) >= 11 is 0.